The summed E-state index contributed by atoms with van der Waals surface area (Å²) in [6, 6.07) is 22.3. The van der Waals surface area contributed by atoms with Crippen LogP contribution in [-0.4, -0.2) is 83.2 Å². The summed E-state index contributed by atoms with van der Waals surface area (Å²) in [7, 11) is 1.70. The molecule has 3 aromatic carbocycles. The summed E-state index contributed by atoms with van der Waals surface area (Å²) in [4.78, 5) is 27.1. The Kier molecular flexibility index (Phi) is 16.4. The lowest BCUT2D eigenvalue weighted by atomic mass is 9.92. The lowest BCUT2D eigenvalue weighted by Crippen LogP contribution is -2.46. The van der Waals surface area contributed by atoms with Crippen LogP contribution < -0.4 is 10.6 Å². The van der Waals surface area contributed by atoms with Crippen molar-refractivity contribution < 1.29 is 13.9 Å². The van der Waals surface area contributed by atoms with Crippen LogP contribution in [0.2, 0.25) is 5.02 Å². The van der Waals surface area contributed by atoms with Crippen molar-refractivity contribution in [2.45, 2.75) is 95.6 Å². The normalized spacial score (nSPS) is 15.9. The summed E-state index contributed by atoms with van der Waals surface area (Å²) in [6.07, 6.45) is 19.1. The maximum atomic E-state index is 14.1. The van der Waals surface area contributed by atoms with E-state index >= 15 is 0 Å². The molecule has 0 radical (unpaired) electrons. The van der Waals surface area contributed by atoms with Gasteiger partial charge in [-0.15, -0.1) is 6.58 Å². The van der Waals surface area contributed by atoms with Crippen LogP contribution in [0, 0.1) is 5.82 Å². The van der Waals surface area contributed by atoms with Crippen molar-refractivity contribution in [3.63, 3.8) is 0 Å². The first kappa shape index (κ1) is 44.4. The molecule has 61 heavy (non-hydrogen) atoms. The van der Waals surface area contributed by atoms with Gasteiger partial charge in [0.1, 0.15) is 11.5 Å². The second-order valence-electron chi connectivity index (χ2n) is 16.8. The molecule has 2 aromatic heterocycles. The van der Waals surface area contributed by atoms with E-state index in [1.807, 2.05) is 12.3 Å². The van der Waals surface area contributed by atoms with E-state index in [2.05, 4.69) is 91.3 Å². The molecule has 324 valence electrons. The summed E-state index contributed by atoms with van der Waals surface area (Å²) in [6.45, 7) is 11.9. The summed E-state index contributed by atoms with van der Waals surface area (Å²) >= 11 is 6.11. The number of carbonyl (C=O) groups excluding carboxylic acids is 1. The Bertz CT molecular complexity index is 2140. The zero-order chi connectivity index (χ0) is 42.4. The van der Waals surface area contributed by atoms with Gasteiger partial charge in [-0.25, -0.2) is 9.37 Å². The van der Waals surface area contributed by atoms with Gasteiger partial charge in [0.15, 0.2) is 0 Å². The van der Waals surface area contributed by atoms with E-state index in [4.69, 9.17) is 21.3 Å². The van der Waals surface area contributed by atoms with Crippen LogP contribution in [0.3, 0.4) is 0 Å². The average Bonchev–Trinajstić information content (AvgIpc) is 3.66. The van der Waals surface area contributed by atoms with Gasteiger partial charge in [-0.05, 0) is 105 Å². The average molecular weight is 849 g/mol. The van der Waals surface area contributed by atoms with Gasteiger partial charge in [-0.2, -0.15) is 4.98 Å². The Morgan fingerprint density at radius 2 is 1.67 bits per heavy atom. The number of ether oxygens (including phenoxy) is 1. The topological polar surface area (TPSA) is 87.5 Å². The van der Waals surface area contributed by atoms with Gasteiger partial charge in [0.05, 0.1) is 5.92 Å². The van der Waals surface area contributed by atoms with Crippen molar-refractivity contribution in [1.82, 2.24) is 29.7 Å². The number of nitrogens with zero attached hydrogens (tertiary/aromatic N) is 5. The van der Waals surface area contributed by atoms with Crippen LogP contribution in [0.5, 0.6) is 0 Å². The van der Waals surface area contributed by atoms with Gasteiger partial charge in [0.2, 0.25) is 11.9 Å². The number of amides is 1. The van der Waals surface area contributed by atoms with E-state index in [0.29, 0.717) is 22.7 Å². The van der Waals surface area contributed by atoms with E-state index in [0.717, 1.165) is 125 Å². The van der Waals surface area contributed by atoms with Crippen molar-refractivity contribution in [2.24, 2.45) is 0 Å². The lowest BCUT2D eigenvalue weighted by molar-refractivity contribution is -0.122. The summed E-state index contributed by atoms with van der Waals surface area (Å²) in [5.41, 5.74) is 7.40. The molecule has 5 aromatic rings. The third-order valence-corrected chi connectivity index (χ3v) is 12.6. The number of likely N-dealkylation sites (N-methyl/N-ethyl adjacent to an activating group) is 1. The van der Waals surface area contributed by atoms with Crippen molar-refractivity contribution in [3.8, 4) is 11.1 Å². The number of carbonyl (C=O) groups is 1. The number of piperazine rings is 1. The predicted octanol–water partition coefficient (Wildman–Crippen LogP) is 10.9. The Hall–Kier alpha value is -4.61. The molecular formula is C50H63ClFN7O2. The van der Waals surface area contributed by atoms with Crippen LogP contribution in [0.25, 0.3) is 22.2 Å². The van der Waals surface area contributed by atoms with E-state index in [1.54, 1.807) is 13.1 Å². The number of allylic oxidation sites excluding steroid dienone is 1. The number of fused-ring (bicyclic) bond motifs is 1. The van der Waals surface area contributed by atoms with Crippen LogP contribution in [0.1, 0.15) is 99.3 Å². The zero-order valence-electron chi connectivity index (χ0n) is 35.9. The van der Waals surface area contributed by atoms with Gasteiger partial charge < -0.3 is 24.8 Å². The first-order valence-electron chi connectivity index (χ1n) is 22.5. The van der Waals surface area contributed by atoms with E-state index in [9.17, 15) is 9.18 Å². The third kappa shape index (κ3) is 12.5. The number of hydrogen-bond acceptors (Lipinski definition) is 7. The molecule has 1 amide bonds. The molecule has 1 saturated carbocycles. The lowest BCUT2D eigenvalue weighted by Gasteiger charge is -2.34. The summed E-state index contributed by atoms with van der Waals surface area (Å²) in [5, 5.41) is 7.30. The second kappa shape index (κ2) is 22.5. The molecule has 9 nitrogen and oxygen atoms in total. The highest BCUT2D eigenvalue weighted by atomic mass is 35.5. The molecule has 1 atom stereocenters. The predicted molar refractivity (Wildman–Crippen MR) is 247 cm³/mol. The largest absolute Gasteiger partial charge is 0.381 e. The molecule has 1 saturated heterocycles. The molecule has 2 fully saturated rings. The van der Waals surface area contributed by atoms with Gasteiger partial charge in [0.25, 0.3) is 0 Å². The molecular weight excluding hydrogens is 785 g/mol. The Morgan fingerprint density at radius 1 is 0.934 bits per heavy atom. The molecule has 0 bridgehead atoms. The molecule has 11 heteroatoms. The molecule has 7 rings (SSSR count). The van der Waals surface area contributed by atoms with E-state index in [1.165, 1.54) is 55.4 Å². The highest BCUT2D eigenvalue weighted by Gasteiger charge is 2.23. The van der Waals surface area contributed by atoms with Crippen molar-refractivity contribution >= 4 is 40.2 Å². The number of aryl methyl sites for hydroxylation is 1. The Balaban J connectivity index is 0.812. The molecule has 3 heterocycles. The number of unbranched alkanes of at least 4 members (excludes halogenated alkanes) is 2. The van der Waals surface area contributed by atoms with Crippen LogP contribution in [-0.2, 0) is 22.5 Å². The number of anilines is 2. The number of nitrogens with one attached hydrogen (secondary N) is 2. The van der Waals surface area contributed by atoms with Gasteiger partial charge in [-0.3, -0.25) is 9.69 Å². The smallest absolute Gasteiger partial charge is 0.229 e. The second-order valence-corrected chi connectivity index (χ2v) is 17.3. The van der Waals surface area contributed by atoms with Gasteiger partial charge >= 0.3 is 0 Å². The first-order chi connectivity index (χ1) is 29.9. The SMILES string of the molecule is C=CCCC(C(=O)NC)c1ccc(CCCOCCCCCN2CCN(Cc3ccc(-c4cn(C5CCCCC5)c5nc(Nc6cc(F)cc(Cl)c6)ncc45)cc3)CC2)cc1. The molecule has 1 aliphatic heterocycles. The van der Waals surface area contributed by atoms with Crippen LogP contribution in [0.4, 0.5) is 16.0 Å². The Labute approximate surface area is 366 Å². The van der Waals surface area contributed by atoms with Crippen molar-refractivity contribution in [2.75, 3.05) is 58.3 Å². The molecule has 2 N–H and O–H groups in total. The third-order valence-electron chi connectivity index (χ3n) is 12.4. The molecule has 1 unspecified atom stereocenters. The van der Waals surface area contributed by atoms with Crippen LogP contribution in [0.15, 0.2) is 91.8 Å². The van der Waals surface area contributed by atoms with E-state index in [-0.39, 0.29) is 11.8 Å². The molecule has 2 aliphatic rings. The van der Waals surface area contributed by atoms with Gasteiger partial charge in [-0.1, -0.05) is 85.5 Å². The number of halogens is 2. The molecule has 1 aliphatic carbocycles. The quantitative estimate of drug-likeness (QED) is 0.0562. The fourth-order valence-electron chi connectivity index (χ4n) is 8.95. The first-order valence-corrected chi connectivity index (χ1v) is 22.9. The number of benzene rings is 3. The Morgan fingerprint density at radius 3 is 2.41 bits per heavy atom. The summed E-state index contributed by atoms with van der Waals surface area (Å²) < 4.78 is 22.4. The highest BCUT2D eigenvalue weighted by molar-refractivity contribution is 6.30. The standard InChI is InChI=1S/C50H63ClFN7O2/c1-3-4-15-45(49(60)53-2)39-20-16-37(17-21-39)12-11-30-61-29-10-6-9-24-57-25-27-58(28-26-57)35-38-18-22-40(23-19-38)47-36-59(44-13-7-5-8-14-44)48-46(47)34-54-50(56-48)55-43-32-41(51)31-42(52)33-43/h3,16-23,31-34,36,44-45H,1,4-15,24-30,35H2,2H3,(H,53,60)(H,54,55,56). The van der Waals surface area contributed by atoms with Crippen molar-refractivity contribution in [3.05, 3.63) is 119 Å². The maximum Gasteiger partial charge on any atom is 0.229 e. The van der Waals surface area contributed by atoms with Gasteiger partial charge in [0, 0.05) is 93.1 Å². The van der Waals surface area contributed by atoms with Crippen LogP contribution >= 0.6 is 11.6 Å². The fraction of sp³-hybridized carbons (Fsp3) is 0.460. The zero-order valence-corrected chi connectivity index (χ0v) is 36.7. The minimum absolute atomic E-state index is 0.0612. The minimum atomic E-state index is -0.406. The van der Waals surface area contributed by atoms with Crippen molar-refractivity contribution in [1.29, 1.82) is 0 Å². The molecule has 0 spiro atoms. The minimum Gasteiger partial charge on any atom is -0.381 e. The fourth-order valence-corrected chi connectivity index (χ4v) is 9.17. The van der Waals surface area contributed by atoms with E-state index < -0.39 is 5.82 Å². The number of rotatable bonds is 21. The highest BCUT2D eigenvalue weighted by Crippen LogP contribution is 2.37. The number of hydrogen-bond donors (Lipinski definition) is 2. The maximum absolute atomic E-state index is 14.1. The summed E-state index contributed by atoms with van der Waals surface area (Å²) in [5.74, 6) is -0.0498. The monoisotopic (exact) mass is 847 g/mol. The number of aromatic nitrogens is 3.